The summed E-state index contributed by atoms with van der Waals surface area (Å²) in [5.74, 6) is -2.70. The van der Waals surface area contributed by atoms with E-state index < -0.39 is 5.76 Å². The first-order valence-electron chi connectivity index (χ1n) is 8.71. The highest BCUT2D eigenvalue weighted by atomic mass is 32.2. The first-order valence-corrected chi connectivity index (χ1v) is 9.59. The molecule has 1 unspecified atom stereocenters. The van der Waals surface area contributed by atoms with E-state index in [1.54, 1.807) is 4.90 Å². The largest absolute Gasteiger partial charge is 0.343 e. The summed E-state index contributed by atoms with van der Waals surface area (Å²) in [7, 11) is 0. The summed E-state index contributed by atoms with van der Waals surface area (Å²) in [6, 6.07) is 15.2. The van der Waals surface area contributed by atoms with Crippen molar-refractivity contribution in [2.24, 2.45) is 0 Å². The Kier molecular flexibility index (Phi) is 6.45. The lowest BCUT2D eigenvalue weighted by Crippen LogP contribution is -2.38. The number of nitrogens with one attached hydrogen (secondary N) is 1. The van der Waals surface area contributed by atoms with E-state index in [1.807, 2.05) is 30.3 Å². The van der Waals surface area contributed by atoms with E-state index in [0.29, 0.717) is 41.7 Å². The molecule has 1 aliphatic heterocycles. The molecule has 0 aliphatic carbocycles. The van der Waals surface area contributed by atoms with E-state index in [9.17, 15) is 18.4 Å². The predicted octanol–water partition coefficient (Wildman–Crippen LogP) is 4.09. The highest BCUT2D eigenvalue weighted by molar-refractivity contribution is 7.99. The van der Waals surface area contributed by atoms with Gasteiger partial charge in [-0.1, -0.05) is 42.1 Å². The Hall–Kier alpha value is -2.41. The van der Waals surface area contributed by atoms with Crippen molar-refractivity contribution < 1.29 is 18.4 Å². The van der Waals surface area contributed by atoms with Crippen LogP contribution < -0.4 is 5.32 Å². The highest BCUT2D eigenvalue weighted by Crippen LogP contribution is 2.25. The summed E-state index contributed by atoms with van der Waals surface area (Å²) in [5.41, 5.74) is 1.30. The summed E-state index contributed by atoms with van der Waals surface area (Å²) < 4.78 is 24.8. The summed E-state index contributed by atoms with van der Waals surface area (Å²) >= 11 is 0.442. The third kappa shape index (κ3) is 5.29. The molecule has 2 aromatic rings. The fourth-order valence-corrected chi connectivity index (χ4v) is 3.57. The maximum Gasteiger partial charge on any atom is 0.288 e. The van der Waals surface area contributed by atoms with Crippen molar-refractivity contribution in [2.45, 2.75) is 29.5 Å². The van der Waals surface area contributed by atoms with Crippen LogP contribution in [0.2, 0.25) is 0 Å². The number of likely N-dealkylation sites (tertiary alicyclic amines) is 1. The zero-order chi connectivity index (χ0) is 19.2. The van der Waals surface area contributed by atoms with Crippen molar-refractivity contribution in [3.63, 3.8) is 0 Å². The molecule has 4 nitrogen and oxygen atoms in total. The van der Waals surface area contributed by atoms with Crippen LogP contribution >= 0.6 is 11.8 Å². The molecule has 142 valence electrons. The quantitative estimate of drug-likeness (QED) is 0.725. The van der Waals surface area contributed by atoms with Crippen LogP contribution in [-0.4, -0.2) is 35.6 Å². The third-order valence-electron chi connectivity index (χ3n) is 4.42. The maximum absolute atomic E-state index is 12.6. The molecule has 3 rings (SSSR count). The van der Waals surface area contributed by atoms with Crippen molar-refractivity contribution >= 4 is 23.6 Å². The number of rotatable bonds is 7. The second-order valence-corrected chi connectivity index (χ2v) is 7.35. The molecule has 0 saturated carbocycles. The fourth-order valence-electron chi connectivity index (χ4n) is 3.07. The molecule has 27 heavy (non-hydrogen) atoms. The standard InChI is InChI=1S/C20H20F2N2O2S/c21-20(22)27-16-10-8-15(9-11-16)19(26)23-17(14-5-2-1-3-6-14)13-24-12-4-7-18(24)25/h1-3,5-6,8-11,17,20H,4,7,12-13H2,(H,23,26). The van der Waals surface area contributed by atoms with E-state index in [2.05, 4.69) is 5.32 Å². The third-order valence-corrected chi connectivity index (χ3v) is 5.15. The number of benzene rings is 2. The lowest BCUT2D eigenvalue weighted by molar-refractivity contribution is -0.128. The molecule has 1 fully saturated rings. The number of carbonyl (C=O) groups excluding carboxylic acids is 2. The minimum absolute atomic E-state index is 0.0959. The zero-order valence-corrected chi connectivity index (χ0v) is 15.4. The molecular weight excluding hydrogens is 370 g/mol. The minimum atomic E-state index is -2.50. The van der Waals surface area contributed by atoms with Crippen LogP contribution in [0.25, 0.3) is 0 Å². The van der Waals surface area contributed by atoms with Gasteiger partial charge < -0.3 is 10.2 Å². The van der Waals surface area contributed by atoms with Crippen LogP contribution in [0.1, 0.15) is 34.8 Å². The second kappa shape index (κ2) is 8.99. The Morgan fingerprint density at radius 3 is 2.41 bits per heavy atom. The van der Waals surface area contributed by atoms with Gasteiger partial charge in [-0.15, -0.1) is 0 Å². The van der Waals surface area contributed by atoms with Crippen molar-refractivity contribution in [1.82, 2.24) is 10.2 Å². The van der Waals surface area contributed by atoms with Crippen LogP contribution in [-0.2, 0) is 4.79 Å². The fraction of sp³-hybridized carbons (Fsp3) is 0.300. The Labute approximate surface area is 160 Å². The predicted molar refractivity (Wildman–Crippen MR) is 101 cm³/mol. The Bertz CT molecular complexity index is 784. The molecule has 0 aromatic heterocycles. The SMILES string of the molecule is O=C(NC(CN1CCCC1=O)c1ccccc1)c1ccc(SC(F)F)cc1. The van der Waals surface area contributed by atoms with Gasteiger partial charge in [0.25, 0.3) is 11.7 Å². The molecule has 1 aliphatic rings. The molecule has 2 amide bonds. The Morgan fingerprint density at radius 1 is 1.11 bits per heavy atom. The van der Waals surface area contributed by atoms with Gasteiger partial charge in [0, 0.05) is 30.0 Å². The van der Waals surface area contributed by atoms with Gasteiger partial charge in [0.2, 0.25) is 5.91 Å². The van der Waals surface area contributed by atoms with Crippen LogP contribution in [0.5, 0.6) is 0 Å². The van der Waals surface area contributed by atoms with Gasteiger partial charge >= 0.3 is 0 Å². The first-order chi connectivity index (χ1) is 13.0. The van der Waals surface area contributed by atoms with Crippen LogP contribution in [0.3, 0.4) is 0 Å². The second-order valence-electron chi connectivity index (χ2n) is 6.28. The summed E-state index contributed by atoms with van der Waals surface area (Å²) in [4.78, 5) is 26.8. The molecule has 0 radical (unpaired) electrons. The number of nitrogens with zero attached hydrogens (tertiary/aromatic N) is 1. The average Bonchev–Trinajstić information content (AvgIpc) is 3.06. The molecule has 1 N–H and O–H groups in total. The number of halogens is 2. The van der Waals surface area contributed by atoms with E-state index in [4.69, 9.17) is 0 Å². The molecule has 0 bridgehead atoms. The van der Waals surface area contributed by atoms with Gasteiger partial charge in [0.05, 0.1) is 6.04 Å². The Morgan fingerprint density at radius 2 is 1.81 bits per heavy atom. The number of hydrogen-bond donors (Lipinski definition) is 1. The minimum Gasteiger partial charge on any atom is -0.343 e. The van der Waals surface area contributed by atoms with E-state index in [0.717, 1.165) is 12.0 Å². The van der Waals surface area contributed by atoms with E-state index >= 15 is 0 Å². The van der Waals surface area contributed by atoms with E-state index in [-0.39, 0.29) is 17.9 Å². The Balaban J connectivity index is 1.72. The number of hydrogen-bond acceptors (Lipinski definition) is 3. The van der Waals surface area contributed by atoms with E-state index in [1.165, 1.54) is 24.3 Å². The van der Waals surface area contributed by atoms with Crippen molar-refractivity contribution in [3.05, 3.63) is 65.7 Å². The maximum atomic E-state index is 12.6. The van der Waals surface area contributed by atoms with Gasteiger partial charge in [-0.25, -0.2) is 0 Å². The summed E-state index contributed by atoms with van der Waals surface area (Å²) in [5, 5.41) is 2.97. The van der Waals surface area contributed by atoms with Gasteiger partial charge in [-0.05, 0) is 36.2 Å². The first kappa shape index (κ1) is 19.4. The lowest BCUT2D eigenvalue weighted by atomic mass is 10.1. The molecule has 2 aromatic carbocycles. The van der Waals surface area contributed by atoms with Crippen LogP contribution in [0.4, 0.5) is 8.78 Å². The smallest absolute Gasteiger partial charge is 0.288 e. The molecular formula is C20H20F2N2O2S. The number of thioether (sulfide) groups is 1. The monoisotopic (exact) mass is 390 g/mol. The average molecular weight is 390 g/mol. The number of carbonyl (C=O) groups is 2. The number of amides is 2. The van der Waals surface area contributed by atoms with Crippen LogP contribution in [0, 0.1) is 0 Å². The summed E-state index contributed by atoms with van der Waals surface area (Å²) in [6.07, 6.45) is 1.37. The van der Waals surface area contributed by atoms with Gasteiger partial charge in [-0.2, -0.15) is 8.78 Å². The molecule has 7 heteroatoms. The molecule has 1 heterocycles. The zero-order valence-electron chi connectivity index (χ0n) is 14.6. The van der Waals surface area contributed by atoms with Crippen molar-refractivity contribution in [1.29, 1.82) is 0 Å². The lowest BCUT2D eigenvalue weighted by Gasteiger charge is -2.25. The van der Waals surface area contributed by atoms with Crippen LogP contribution in [0.15, 0.2) is 59.5 Å². The highest BCUT2D eigenvalue weighted by Gasteiger charge is 2.25. The van der Waals surface area contributed by atoms with Gasteiger partial charge in [0.15, 0.2) is 0 Å². The van der Waals surface area contributed by atoms with Gasteiger partial charge in [0.1, 0.15) is 0 Å². The summed E-state index contributed by atoms with van der Waals surface area (Å²) in [6.45, 7) is 1.10. The van der Waals surface area contributed by atoms with Gasteiger partial charge in [-0.3, -0.25) is 9.59 Å². The topological polar surface area (TPSA) is 49.4 Å². The van der Waals surface area contributed by atoms with Crippen molar-refractivity contribution in [3.8, 4) is 0 Å². The molecule has 1 atom stereocenters. The normalized spacial score (nSPS) is 15.2. The molecule has 0 spiro atoms. The number of alkyl halides is 2. The molecule has 1 saturated heterocycles. The van der Waals surface area contributed by atoms with Crippen molar-refractivity contribution in [2.75, 3.05) is 13.1 Å².